The maximum atomic E-state index is 12.3. The zero-order valence-corrected chi connectivity index (χ0v) is 18.1. The number of hydrogen-bond donors (Lipinski definition) is 1. The predicted molar refractivity (Wildman–Crippen MR) is 121 cm³/mol. The van der Waals surface area contributed by atoms with Gasteiger partial charge in [-0.05, 0) is 64.7 Å². The highest BCUT2D eigenvalue weighted by atomic mass is 79.9. The molecule has 0 fully saturated rings. The van der Waals surface area contributed by atoms with Crippen LogP contribution < -0.4 is 14.8 Å². The van der Waals surface area contributed by atoms with Gasteiger partial charge < -0.3 is 14.8 Å². The summed E-state index contributed by atoms with van der Waals surface area (Å²) in [6, 6.07) is 23.3. The Morgan fingerprint density at radius 1 is 1.00 bits per heavy atom. The zero-order chi connectivity index (χ0) is 20.6. The molecule has 0 bridgehead atoms. The SMILES string of the molecule is CCC(C)Oc1cccc(NC(=O)COc2ccc(-c3ccccc3)cc2Br)c1. The van der Waals surface area contributed by atoms with E-state index < -0.39 is 0 Å². The predicted octanol–water partition coefficient (Wildman–Crippen LogP) is 6.31. The number of amides is 1. The van der Waals surface area contributed by atoms with E-state index in [1.54, 1.807) is 0 Å². The van der Waals surface area contributed by atoms with E-state index in [1.807, 2.05) is 67.6 Å². The summed E-state index contributed by atoms with van der Waals surface area (Å²) < 4.78 is 12.3. The number of carbonyl (C=O) groups is 1. The highest BCUT2D eigenvalue weighted by Gasteiger charge is 2.09. The molecule has 29 heavy (non-hydrogen) atoms. The summed E-state index contributed by atoms with van der Waals surface area (Å²) in [5.74, 6) is 1.12. The lowest BCUT2D eigenvalue weighted by Gasteiger charge is -2.14. The van der Waals surface area contributed by atoms with E-state index in [4.69, 9.17) is 9.47 Å². The molecule has 1 amide bonds. The molecule has 1 atom stereocenters. The molecule has 0 heterocycles. The molecule has 0 aliphatic carbocycles. The van der Waals surface area contributed by atoms with Crippen molar-refractivity contribution in [3.63, 3.8) is 0 Å². The third-order valence-electron chi connectivity index (χ3n) is 4.43. The largest absolute Gasteiger partial charge is 0.491 e. The molecule has 0 aliphatic heterocycles. The van der Waals surface area contributed by atoms with Crippen LogP contribution in [0, 0.1) is 0 Å². The Balaban J connectivity index is 1.58. The van der Waals surface area contributed by atoms with E-state index in [-0.39, 0.29) is 18.6 Å². The fraction of sp³-hybridized carbons (Fsp3) is 0.208. The van der Waals surface area contributed by atoms with Crippen molar-refractivity contribution in [2.24, 2.45) is 0 Å². The van der Waals surface area contributed by atoms with Gasteiger partial charge in [0.25, 0.3) is 5.91 Å². The average molecular weight is 454 g/mol. The first-order valence-corrected chi connectivity index (χ1v) is 10.4. The molecule has 1 unspecified atom stereocenters. The van der Waals surface area contributed by atoms with E-state index >= 15 is 0 Å². The van der Waals surface area contributed by atoms with Gasteiger partial charge in [0, 0.05) is 11.8 Å². The third kappa shape index (κ3) is 6.09. The van der Waals surface area contributed by atoms with Gasteiger partial charge in [0.1, 0.15) is 11.5 Å². The summed E-state index contributed by atoms with van der Waals surface area (Å²) in [7, 11) is 0. The van der Waals surface area contributed by atoms with Crippen LogP contribution in [0.1, 0.15) is 20.3 Å². The molecule has 0 aliphatic rings. The van der Waals surface area contributed by atoms with Crippen LogP contribution in [0.4, 0.5) is 5.69 Å². The van der Waals surface area contributed by atoms with Crippen LogP contribution in [0.3, 0.4) is 0 Å². The average Bonchev–Trinajstić information content (AvgIpc) is 2.73. The Bertz CT molecular complexity index is 959. The van der Waals surface area contributed by atoms with Crippen molar-refractivity contribution in [3.8, 4) is 22.6 Å². The van der Waals surface area contributed by atoms with Gasteiger partial charge in [-0.1, -0.05) is 49.4 Å². The van der Waals surface area contributed by atoms with Crippen LogP contribution in [-0.2, 0) is 4.79 Å². The Morgan fingerprint density at radius 3 is 2.52 bits per heavy atom. The van der Waals surface area contributed by atoms with Gasteiger partial charge in [-0.3, -0.25) is 4.79 Å². The topological polar surface area (TPSA) is 47.6 Å². The van der Waals surface area contributed by atoms with Crippen molar-refractivity contribution in [1.82, 2.24) is 0 Å². The highest BCUT2D eigenvalue weighted by Crippen LogP contribution is 2.30. The second-order valence-corrected chi connectivity index (χ2v) is 7.57. The minimum absolute atomic E-state index is 0.0836. The van der Waals surface area contributed by atoms with Crippen molar-refractivity contribution in [1.29, 1.82) is 0 Å². The summed E-state index contributed by atoms with van der Waals surface area (Å²) in [5.41, 5.74) is 2.88. The zero-order valence-electron chi connectivity index (χ0n) is 16.5. The molecule has 0 saturated carbocycles. The maximum Gasteiger partial charge on any atom is 0.262 e. The lowest BCUT2D eigenvalue weighted by molar-refractivity contribution is -0.118. The molecule has 3 aromatic rings. The normalized spacial score (nSPS) is 11.6. The molecule has 3 aromatic carbocycles. The number of halogens is 1. The van der Waals surface area contributed by atoms with Crippen molar-refractivity contribution in [2.75, 3.05) is 11.9 Å². The first kappa shape index (κ1) is 20.9. The van der Waals surface area contributed by atoms with Gasteiger partial charge in [0.05, 0.1) is 10.6 Å². The van der Waals surface area contributed by atoms with E-state index in [0.717, 1.165) is 27.8 Å². The molecule has 0 spiro atoms. The number of carbonyl (C=O) groups excluding carboxylic acids is 1. The molecular weight excluding hydrogens is 430 g/mol. The van der Waals surface area contributed by atoms with Crippen molar-refractivity contribution in [3.05, 3.63) is 77.3 Å². The Hall–Kier alpha value is -2.79. The van der Waals surface area contributed by atoms with Gasteiger partial charge in [0.15, 0.2) is 6.61 Å². The fourth-order valence-corrected chi connectivity index (χ4v) is 3.22. The number of anilines is 1. The highest BCUT2D eigenvalue weighted by molar-refractivity contribution is 9.10. The van der Waals surface area contributed by atoms with Gasteiger partial charge in [-0.15, -0.1) is 0 Å². The van der Waals surface area contributed by atoms with Crippen LogP contribution in [-0.4, -0.2) is 18.6 Å². The van der Waals surface area contributed by atoms with Crippen LogP contribution in [0.25, 0.3) is 11.1 Å². The maximum absolute atomic E-state index is 12.3. The lowest BCUT2D eigenvalue weighted by atomic mass is 10.1. The van der Waals surface area contributed by atoms with Crippen LogP contribution in [0.5, 0.6) is 11.5 Å². The van der Waals surface area contributed by atoms with Gasteiger partial charge in [-0.2, -0.15) is 0 Å². The van der Waals surface area contributed by atoms with E-state index in [2.05, 4.69) is 40.3 Å². The number of benzene rings is 3. The van der Waals surface area contributed by atoms with Crippen molar-refractivity contribution < 1.29 is 14.3 Å². The molecule has 4 nitrogen and oxygen atoms in total. The second-order valence-electron chi connectivity index (χ2n) is 6.71. The Morgan fingerprint density at radius 2 is 1.79 bits per heavy atom. The van der Waals surface area contributed by atoms with Crippen LogP contribution in [0.15, 0.2) is 77.3 Å². The van der Waals surface area contributed by atoms with Gasteiger partial charge in [-0.25, -0.2) is 0 Å². The number of ether oxygens (including phenoxy) is 2. The molecule has 0 aromatic heterocycles. The first-order valence-electron chi connectivity index (χ1n) is 9.59. The molecule has 0 radical (unpaired) electrons. The number of hydrogen-bond acceptors (Lipinski definition) is 3. The fourth-order valence-electron chi connectivity index (χ4n) is 2.73. The molecular formula is C24H24BrNO3. The summed E-state index contributed by atoms with van der Waals surface area (Å²) in [6.07, 6.45) is 1.04. The first-order chi connectivity index (χ1) is 14.0. The Kier molecular flexibility index (Phi) is 7.30. The van der Waals surface area contributed by atoms with Crippen molar-refractivity contribution >= 4 is 27.5 Å². The number of rotatable bonds is 8. The van der Waals surface area contributed by atoms with Crippen LogP contribution >= 0.6 is 15.9 Å². The smallest absolute Gasteiger partial charge is 0.262 e. The van der Waals surface area contributed by atoms with E-state index in [9.17, 15) is 4.79 Å². The minimum atomic E-state index is -0.232. The molecule has 0 saturated heterocycles. The van der Waals surface area contributed by atoms with Gasteiger partial charge in [0.2, 0.25) is 0 Å². The molecule has 3 rings (SSSR count). The monoisotopic (exact) mass is 453 g/mol. The quantitative estimate of drug-likeness (QED) is 0.434. The number of nitrogens with one attached hydrogen (secondary N) is 1. The van der Waals surface area contributed by atoms with Gasteiger partial charge >= 0.3 is 0 Å². The summed E-state index contributed by atoms with van der Waals surface area (Å²) in [4.78, 5) is 12.3. The standard InChI is InChI=1S/C24H24BrNO3/c1-3-17(2)29-21-11-7-10-20(15-21)26-24(27)16-28-23-13-12-19(14-22(23)25)18-8-5-4-6-9-18/h4-15,17H,3,16H2,1-2H3,(H,26,27). The third-order valence-corrected chi connectivity index (χ3v) is 5.05. The van der Waals surface area contributed by atoms with E-state index in [1.165, 1.54) is 0 Å². The molecule has 150 valence electrons. The van der Waals surface area contributed by atoms with E-state index in [0.29, 0.717) is 11.4 Å². The Labute approximate surface area is 180 Å². The molecule has 5 heteroatoms. The lowest BCUT2D eigenvalue weighted by Crippen LogP contribution is -2.20. The summed E-state index contributed by atoms with van der Waals surface area (Å²) >= 11 is 3.53. The minimum Gasteiger partial charge on any atom is -0.491 e. The summed E-state index contributed by atoms with van der Waals surface area (Å²) in [5, 5.41) is 2.84. The second kappa shape index (κ2) is 10.1. The van der Waals surface area contributed by atoms with Crippen LogP contribution in [0.2, 0.25) is 0 Å². The summed E-state index contributed by atoms with van der Waals surface area (Å²) in [6.45, 7) is 4.00. The van der Waals surface area contributed by atoms with Crippen molar-refractivity contribution in [2.45, 2.75) is 26.4 Å². The molecule has 1 N–H and O–H groups in total.